The molecule has 0 fully saturated rings. The van der Waals surface area contributed by atoms with Crippen molar-refractivity contribution in [1.29, 1.82) is 0 Å². The van der Waals surface area contributed by atoms with Gasteiger partial charge in [-0.05, 0) is 36.4 Å². The average molecular weight is 400 g/mol. The van der Waals surface area contributed by atoms with Crippen molar-refractivity contribution in [1.82, 2.24) is 0 Å². The lowest BCUT2D eigenvalue weighted by molar-refractivity contribution is -0.119. The first-order valence-corrected chi connectivity index (χ1v) is 7.91. The van der Waals surface area contributed by atoms with Gasteiger partial charge in [-0.25, -0.2) is 4.79 Å². The van der Waals surface area contributed by atoms with Crippen molar-refractivity contribution in [2.75, 3.05) is 18.7 Å². The van der Waals surface area contributed by atoms with Gasteiger partial charge in [0.05, 0.1) is 10.6 Å². The molecule has 0 spiro atoms. The summed E-state index contributed by atoms with van der Waals surface area (Å²) in [6.45, 7) is -3.50. The second-order valence-electron chi connectivity index (χ2n) is 5.22. The Labute approximate surface area is 156 Å². The van der Waals surface area contributed by atoms with E-state index in [1.807, 2.05) is 0 Å². The van der Waals surface area contributed by atoms with Crippen LogP contribution in [0.15, 0.2) is 36.4 Å². The van der Waals surface area contributed by atoms with Crippen molar-refractivity contribution in [3.05, 3.63) is 47.0 Å². The highest BCUT2D eigenvalue weighted by Gasteiger charge is 2.18. The van der Waals surface area contributed by atoms with E-state index in [2.05, 4.69) is 10.1 Å². The summed E-state index contributed by atoms with van der Waals surface area (Å²) >= 11 is 5.79. The zero-order valence-electron chi connectivity index (χ0n) is 13.5. The fourth-order valence-electron chi connectivity index (χ4n) is 2.21. The van der Waals surface area contributed by atoms with Gasteiger partial charge in [0.15, 0.2) is 18.1 Å². The van der Waals surface area contributed by atoms with Gasteiger partial charge < -0.3 is 24.3 Å². The van der Waals surface area contributed by atoms with Crippen LogP contribution in [-0.4, -0.2) is 31.9 Å². The molecule has 142 valence electrons. The van der Waals surface area contributed by atoms with Crippen molar-refractivity contribution >= 4 is 29.2 Å². The largest absolute Gasteiger partial charge is 0.454 e. The number of ether oxygens (including phenoxy) is 4. The Morgan fingerprint density at radius 2 is 1.93 bits per heavy atom. The van der Waals surface area contributed by atoms with Crippen molar-refractivity contribution in [3.8, 4) is 17.2 Å². The fraction of sp³-hybridized carbons (Fsp3) is 0.176. The van der Waals surface area contributed by atoms with Crippen LogP contribution in [0.3, 0.4) is 0 Å². The Morgan fingerprint density at radius 3 is 2.67 bits per heavy atom. The van der Waals surface area contributed by atoms with E-state index in [1.54, 1.807) is 6.07 Å². The lowest BCUT2D eigenvalue weighted by Gasteiger charge is -2.10. The summed E-state index contributed by atoms with van der Waals surface area (Å²) in [5.74, 6) is -0.654. The van der Waals surface area contributed by atoms with Crippen LogP contribution >= 0.6 is 11.6 Å². The summed E-state index contributed by atoms with van der Waals surface area (Å²) in [5.41, 5.74) is 0.425. The Hall–Kier alpha value is -3.07. The number of amides is 1. The zero-order chi connectivity index (χ0) is 19.4. The summed E-state index contributed by atoms with van der Waals surface area (Å²) < 4.78 is 43.8. The molecule has 0 unspecified atom stereocenters. The molecule has 0 saturated heterocycles. The lowest BCUT2D eigenvalue weighted by Crippen LogP contribution is -2.21. The van der Waals surface area contributed by atoms with Crippen LogP contribution < -0.4 is 19.5 Å². The van der Waals surface area contributed by atoms with Gasteiger partial charge in [0.1, 0.15) is 5.75 Å². The number of benzene rings is 2. The third kappa shape index (κ3) is 4.76. The van der Waals surface area contributed by atoms with Gasteiger partial charge in [0.2, 0.25) is 6.79 Å². The number of esters is 1. The third-order valence-electron chi connectivity index (χ3n) is 3.37. The van der Waals surface area contributed by atoms with Gasteiger partial charge in [-0.2, -0.15) is 8.78 Å². The average Bonchev–Trinajstić information content (AvgIpc) is 3.09. The van der Waals surface area contributed by atoms with Crippen LogP contribution in [0.2, 0.25) is 5.02 Å². The van der Waals surface area contributed by atoms with Crippen LogP contribution in [0.1, 0.15) is 10.4 Å². The predicted molar refractivity (Wildman–Crippen MR) is 89.6 cm³/mol. The van der Waals surface area contributed by atoms with Crippen LogP contribution in [-0.2, 0) is 9.53 Å². The number of hydrogen-bond acceptors (Lipinski definition) is 6. The minimum Gasteiger partial charge on any atom is -0.454 e. The molecule has 1 aliphatic rings. The van der Waals surface area contributed by atoms with Gasteiger partial charge >= 0.3 is 12.6 Å². The molecule has 1 N–H and O–H groups in total. The highest BCUT2D eigenvalue weighted by molar-refractivity contribution is 6.32. The molecule has 3 rings (SSSR count). The normalized spacial score (nSPS) is 12.0. The molecule has 27 heavy (non-hydrogen) atoms. The molecule has 7 nitrogen and oxygen atoms in total. The van der Waals surface area contributed by atoms with Crippen LogP contribution in [0.25, 0.3) is 0 Å². The van der Waals surface area contributed by atoms with Crippen molar-refractivity contribution < 1.29 is 37.3 Å². The molecule has 1 amide bonds. The minimum absolute atomic E-state index is 0.0694. The fourth-order valence-corrected chi connectivity index (χ4v) is 2.43. The first kappa shape index (κ1) is 18.7. The number of carbonyl (C=O) groups is 2. The minimum atomic E-state index is -3.02. The predicted octanol–water partition coefficient (Wildman–Crippen LogP) is 3.47. The van der Waals surface area contributed by atoms with Crippen molar-refractivity contribution in [2.45, 2.75) is 6.61 Å². The number of halogens is 3. The maximum absolute atomic E-state index is 12.2. The zero-order valence-corrected chi connectivity index (χ0v) is 14.3. The summed E-state index contributed by atoms with van der Waals surface area (Å²) in [6, 6.07) is 8.23. The number of hydrogen-bond donors (Lipinski definition) is 1. The van der Waals surface area contributed by atoms with E-state index in [4.69, 9.17) is 25.8 Å². The molecule has 0 bridgehead atoms. The van der Waals surface area contributed by atoms with Crippen LogP contribution in [0.4, 0.5) is 14.5 Å². The highest BCUT2D eigenvalue weighted by Crippen LogP contribution is 2.32. The molecule has 1 aliphatic heterocycles. The van der Waals surface area contributed by atoms with Gasteiger partial charge in [-0.15, -0.1) is 0 Å². The van der Waals surface area contributed by atoms with Crippen LogP contribution in [0, 0.1) is 0 Å². The smallest absolute Gasteiger partial charge is 0.387 e. The number of nitrogens with one attached hydrogen (secondary N) is 1. The first-order valence-electron chi connectivity index (χ1n) is 7.53. The lowest BCUT2D eigenvalue weighted by atomic mass is 10.2. The molecule has 0 radical (unpaired) electrons. The molecule has 0 aromatic heterocycles. The molecule has 2 aromatic carbocycles. The van der Waals surface area contributed by atoms with E-state index >= 15 is 0 Å². The summed E-state index contributed by atoms with van der Waals surface area (Å²) in [4.78, 5) is 23.9. The molecule has 1 heterocycles. The molecular weight excluding hydrogens is 388 g/mol. The quantitative estimate of drug-likeness (QED) is 0.749. The maximum atomic E-state index is 12.2. The Kier molecular flexibility index (Phi) is 5.60. The van der Waals surface area contributed by atoms with Gasteiger partial charge in [0, 0.05) is 5.69 Å². The summed E-state index contributed by atoms with van der Waals surface area (Å²) in [7, 11) is 0. The van der Waals surface area contributed by atoms with Gasteiger partial charge in [-0.3, -0.25) is 4.79 Å². The second kappa shape index (κ2) is 8.09. The number of anilines is 1. The topological polar surface area (TPSA) is 83.1 Å². The van der Waals surface area contributed by atoms with E-state index in [0.29, 0.717) is 11.5 Å². The van der Waals surface area contributed by atoms with Crippen LogP contribution in [0.5, 0.6) is 17.2 Å². The Bertz CT molecular complexity index is 876. The number of rotatable bonds is 6. The van der Waals surface area contributed by atoms with E-state index in [9.17, 15) is 18.4 Å². The number of fused-ring (bicyclic) bond motifs is 1. The molecule has 0 saturated carbocycles. The monoisotopic (exact) mass is 399 g/mol. The summed E-state index contributed by atoms with van der Waals surface area (Å²) in [6.07, 6.45) is 0. The molecular formula is C17H12ClF2NO6. The Morgan fingerprint density at radius 1 is 1.15 bits per heavy atom. The number of carbonyl (C=O) groups excluding carboxylic acids is 2. The van der Waals surface area contributed by atoms with Gasteiger partial charge in [-0.1, -0.05) is 11.6 Å². The molecule has 0 aliphatic carbocycles. The van der Waals surface area contributed by atoms with Crippen molar-refractivity contribution in [2.24, 2.45) is 0 Å². The summed E-state index contributed by atoms with van der Waals surface area (Å²) in [5, 5.41) is 2.32. The van der Waals surface area contributed by atoms with Gasteiger partial charge in [0.25, 0.3) is 5.91 Å². The second-order valence-corrected chi connectivity index (χ2v) is 5.62. The highest BCUT2D eigenvalue weighted by atomic mass is 35.5. The maximum Gasteiger partial charge on any atom is 0.387 e. The van der Waals surface area contributed by atoms with E-state index in [1.165, 1.54) is 30.3 Å². The van der Waals surface area contributed by atoms with E-state index in [0.717, 1.165) is 0 Å². The third-order valence-corrected chi connectivity index (χ3v) is 3.67. The standard InChI is InChI=1S/C17H12ClF2NO6/c18-11-6-10(2-4-12(11)27-17(19)20)21-15(22)7-24-16(23)9-1-3-13-14(5-9)26-8-25-13/h1-6,17H,7-8H2,(H,21,22). The number of alkyl halides is 2. The SMILES string of the molecule is O=C(COC(=O)c1ccc2c(c1)OCO2)Nc1ccc(OC(F)F)c(Cl)c1. The van der Waals surface area contributed by atoms with E-state index < -0.39 is 25.1 Å². The van der Waals surface area contributed by atoms with Crippen molar-refractivity contribution in [3.63, 3.8) is 0 Å². The van der Waals surface area contributed by atoms with E-state index in [-0.39, 0.29) is 28.8 Å². The first-order chi connectivity index (χ1) is 12.9. The Balaban J connectivity index is 1.53. The molecule has 2 aromatic rings. The molecule has 0 atom stereocenters. The molecule has 10 heteroatoms.